The van der Waals surface area contributed by atoms with E-state index in [0.29, 0.717) is 22.7 Å². The number of halogens is 1. The zero-order chi connectivity index (χ0) is 17.9. The van der Waals surface area contributed by atoms with Gasteiger partial charge in [-0.25, -0.2) is 0 Å². The molecule has 1 amide bonds. The minimum absolute atomic E-state index is 0.0712. The Morgan fingerprint density at radius 3 is 2.54 bits per heavy atom. The van der Waals surface area contributed by atoms with Gasteiger partial charge in [0, 0.05) is 11.6 Å². The van der Waals surface area contributed by atoms with Gasteiger partial charge in [-0.2, -0.15) is 0 Å². The lowest BCUT2D eigenvalue weighted by atomic mass is 10.1. The molecule has 0 aliphatic heterocycles. The number of rotatable bonds is 5. The maximum atomic E-state index is 12.4. The van der Waals surface area contributed by atoms with Gasteiger partial charge in [-0.05, 0) is 25.1 Å². The Hall–Kier alpha value is -2.80. The second kappa shape index (κ2) is 7.18. The van der Waals surface area contributed by atoms with E-state index in [-0.39, 0.29) is 16.3 Å². The Bertz CT molecular complexity index is 807. The number of nitro benzene ring substituents is 1. The van der Waals surface area contributed by atoms with E-state index in [0.717, 1.165) is 0 Å². The van der Waals surface area contributed by atoms with Crippen molar-refractivity contribution >= 4 is 28.9 Å². The van der Waals surface area contributed by atoms with Gasteiger partial charge in [0.05, 0.1) is 35.4 Å². The molecule has 0 bridgehead atoms. The Labute approximate surface area is 143 Å². The maximum absolute atomic E-state index is 12.4. The van der Waals surface area contributed by atoms with Gasteiger partial charge in [0.2, 0.25) is 0 Å². The molecule has 2 aromatic rings. The highest BCUT2D eigenvalue weighted by molar-refractivity contribution is 6.32. The van der Waals surface area contributed by atoms with Crippen LogP contribution in [-0.4, -0.2) is 25.1 Å². The molecular formula is C16H15ClN2O5. The molecule has 1 N–H and O–H groups in total. The van der Waals surface area contributed by atoms with Crippen LogP contribution in [0.25, 0.3) is 0 Å². The van der Waals surface area contributed by atoms with E-state index in [1.54, 1.807) is 13.0 Å². The molecule has 2 aromatic carbocycles. The van der Waals surface area contributed by atoms with Crippen LogP contribution in [0.1, 0.15) is 15.9 Å². The molecule has 0 unspecified atom stereocenters. The third-order valence-electron chi connectivity index (χ3n) is 3.45. The predicted octanol–water partition coefficient (Wildman–Crippen LogP) is 3.83. The molecule has 0 aliphatic carbocycles. The number of carbonyl (C=O) groups is 1. The normalized spacial score (nSPS) is 10.2. The summed E-state index contributed by atoms with van der Waals surface area (Å²) in [4.78, 5) is 22.9. The zero-order valence-corrected chi connectivity index (χ0v) is 14.0. The number of hydrogen-bond acceptors (Lipinski definition) is 5. The first-order valence-electron chi connectivity index (χ1n) is 6.86. The molecule has 0 radical (unpaired) electrons. The molecule has 24 heavy (non-hydrogen) atoms. The van der Waals surface area contributed by atoms with E-state index in [1.807, 2.05) is 0 Å². The van der Waals surface area contributed by atoms with Crippen molar-refractivity contribution in [3.05, 3.63) is 56.6 Å². The van der Waals surface area contributed by atoms with Crippen LogP contribution in [0.5, 0.6) is 11.5 Å². The Morgan fingerprint density at radius 2 is 1.96 bits per heavy atom. The van der Waals surface area contributed by atoms with Crippen molar-refractivity contribution in [3.63, 3.8) is 0 Å². The number of anilines is 1. The van der Waals surface area contributed by atoms with Crippen LogP contribution in [0.2, 0.25) is 5.02 Å². The fraction of sp³-hybridized carbons (Fsp3) is 0.188. The van der Waals surface area contributed by atoms with E-state index in [9.17, 15) is 14.9 Å². The van der Waals surface area contributed by atoms with Gasteiger partial charge in [0.25, 0.3) is 11.6 Å². The molecule has 8 heteroatoms. The molecule has 0 saturated heterocycles. The smallest absolute Gasteiger partial charge is 0.274 e. The van der Waals surface area contributed by atoms with Crippen LogP contribution in [0.3, 0.4) is 0 Å². The van der Waals surface area contributed by atoms with Crippen LogP contribution in [0.15, 0.2) is 30.3 Å². The quantitative estimate of drug-likeness (QED) is 0.653. The molecule has 126 valence electrons. The highest BCUT2D eigenvalue weighted by Gasteiger charge is 2.18. The lowest BCUT2D eigenvalue weighted by molar-refractivity contribution is -0.385. The van der Waals surface area contributed by atoms with Gasteiger partial charge < -0.3 is 14.8 Å². The second-order valence-electron chi connectivity index (χ2n) is 4.85. The summed E-state index contributed by atoms with van der Waals surface area (Å²) in [6.45, 7) is 1.56. The second-order valence-corrected chi connectivity index (χ2v) is 5.26. The summed E-state index contributed by atoms with van der Waals surface area (Å²) in [5, 5.41) is 13.8. The van der Waals surface area contributed by atoms with Gasteiger partial charge in [0.1, 0.15) is 0 Å². The number of methoxy groups -OCH3 is 2. The van der Waals surface area contributed by atoms with E-state index < -0.39 is 10.8 Å². The fourth-order valence-corrected chi connectivity index (χ4v) is 2.49. The van der Waals surface area contributed by atoms with Crippen molar-refractivity contribution in [1.82, 2.24) is 0 Å². The van der Waals surface area contributed by atoms with Gasteiger partial charge in [0.15, 0.2) is 11.5 Å². The molecule has 0 aliphatic rings. The molecule has 0 aromatic heterocycles. The highest BCUT2D eigenvalue weighted by Crippen LogP contribution is 2.36. The summed E-state index contributed by atoms with van der Waals surface area (Å²) >= 11 is 6.08. The molecule has 0 heterocycles. The average molecular weight is 351 g/mol. The van der Waals surface area contributed by atoms with Gasteiger partial charge in [-0.1, -0.05) is 17.7 Å². The first-order valence-corrected chi connectivity index (χ1v) is 7.23. The average Bonchev–Trinajstić information content (AvgIpc) is 2.55. The van der Waals surface area contributed by atoms with Crippen molar-refractivity contribution in [2.75, 3.05) is 19.5 Å². The SMILES string of the molecule is COc1cc(C(=O)Nc2cccc([N+](=O)[O-])c2C)cc(Cl)c1OC. The minimum atomic E-state index is -0.502. The number of nitrogens with zero attached hydrogens (tertiary/aromatic N) is 1. The van der Waals surface area contributed by atoms with Crippen molar-refractivity contribution in [1.29, 1.82) is 0 Å². The topological polar surface area (TPSA) is 90.7 Å². The molecule has 0 fully saturated rings. The lowest BCUT2D eigenvalue weighted by Crippen LogP contribution is -2.13. The van der Waals surface area contributed by atoms with E-state index in [1.165, 1.54) is 38.5 Å². The summed E-state index contributed by atoms with van der Waals surface area (Å²) in [7, 11) is 2.87. The monoisotopic (exact) mass is 350 g/mol. The predicted molar refractivity (Wildman–Crippen MR) is 90.3 cm³/mol. The minimum Gasteiger partial charge on any atom is -0.493 e. The van der Waals surface area contributed by atoms with Gasteiger partial charge in [-0.15, -0.1) is 0 Å². The summed E-state index contributed by atoms with van der Waals surface area (Å²) < 4.78 is 10.3. The summed E-state index contributed by atoms with van der Waals surface area (Å²) in [6.07, 6.45) is 0. The lowest BCUT2D eigenvalue weighted by Gasteiger charge is -2.12. The first-order chi connectivity index (χ1) is 11.4. The number of amides is 1. The molecule has 0 spiro atoms. The molecular weight excluding hydrogens is 336 g/mol. The highest BCUT2D eigenvalue weighted by atomic mass is 35.5. The molecule has 0 saturated carbocycles. The van der Waals surface area contributed by atoms with Crippen molar-refractivity contribution in [2.24, 2.45) is 0 Å². The van der Waals surface area contributed by atoms with Crippen LogP contribution < -0.4 is 14.8 Å². The van der Waals surface area contributed by atoms with Crippen LogP contribution in [0.4, 0.5) is 11.4 Å². The molecule has 7 nitrogen and oxygen atoms in total. The van der Waals surface area contributed by atoms with Crippen molar-refractivity contribution < 1.29 is 19.2 Å². The van der Waals surface area contributed by atoms with Crippen LogP contribution in [-0.2, 0) is 0 Å². The Kier molecular flexibility index (Phi) is 5.25. The number of hydrogen-bond donors (Lipinski definition) is 1. The summed E-state index contributed by atoms with van der Waals surface area (Å²) in [5.41, 5.74) is 0.879. The number of benzene rings is 2. The van der Waals surface area contributed by atoms with Crippen LogP contribution >= 0.6 is 11.6 Å². The Balaban J connectivity index is 2.36. The largest absolute Gasteiger partial charge is 0.493 e. The number of nitro groups is 1. The number of ether oxygens (including phenoxy) is 2. The third kappa shape index (κ3) is 3.41. The standard InChI is InChI=1S/C16H15ClN2O5/c1-9-12(5-4-6-13(9)19(21)22)18-16(20)10-7-11(17)15(24-3)14(8-10)23-2/h4-8H,1-3H3,(H,18,20). The van der Waals surface area contributed by atoms with Gasteiger partial charge in [-0.3, -0.25) is 14.9 Å². The number of nitrogens with one attached hydrogen (secondary N) is 1. The Morgan fingerprint density at radius 1 is 1.25 bits per heavy atom. The van der Waals surface area contributed by atoms with Gasteiger partial charge >= 0.3 is 0 Å². The molecule has 2 rings (SSSR count). The van der Waals surface area contributed by atoms with Crippen molar-refractivity contribution in [2.45, 2.75) is 6.92 Å². The van der Waals surface area contributed by atoms with E-state index >= 15 is 0 Å². The van der Waals surface area contributed by atoms with Crippen LogP contribution in [0, 0.1) is 17.0 Å². The van der Waals surface area contributed by atoms with Crippen molar-refractivity contribution in [3.8, 4) is 11.5 Å². The van der Waals surface area contributed by atoms with E-state index in [4.69, 9.17) is 21.1 Å². The molecule has 0 atom stereocenters. The zero-order valence-electron chi connectivity index (χ0n) is 13.3. The number of carbonyl (C=O) groups excluding carboxylic acids is 1. The third-order valence-corrected chi connectivity index (χ3v) is 3.73. The first kappa shape index (κ1) is 17.6. The van der Waals surface area contributed by atoms with E-state index in [2.05, 4.69) is 5.32 Å². The maximum Gasteiger partial charge on any atom is 0.274 e. The summed E-state index contributed by atoms with van der Waals surface area (Å²) in [5.74, 6) is 0.162. The fourth-order valence-electron chi connectivity index (χ4n) is 2.20. The summed E-state index contributed by atoms with van der Waals surface area (Å²) in [6, 6.07) is 7.38.